The summed E-state index contributed by atoms with van der Waals surface area (Å²) in [6, 6.07) is 14.8. The van der Waals surface area contributed by atoms with Crippen molar-refractivity contribution in [3.05, 3.63) is 82.6 Å². The Morgan fingerprint density at radius 2 is 1.57 bits per heavy atom. The van der Waals surface area contributed by atoms with Crippen LogP contribution in [0.4, 0.5) is 0 Å². The molecule has 1 saturated heterocycles. The lowest BCUT2D eigenvalue weighted by molar-refractivity contribution is -0.0998. The minimum absolute atomic E-state index is 0.0248. The van der Waals surface area contributed by atoms with Crippen LogP contribution in [0, 0.1) is 0 Å². The number of halogens is 2. The van der Waals surface area contributed by atoms with Crippen molar-refractivity contribution < 1.29 is 9.53 Å². The van der Waals surface area contributed by atoms with Gasteiger partial charge in [-0.25, -0.2) is 15.0 Å². The lowest BCUT2D eigenvalue weighted by Crippen LogP contribution is -2.50. The van der Waals surface area contributed by atoms with Crippen LogP contribution in [0.3, 0.4) is 0 Å². The largest absolute Gasteiger partial charge is 0.352 e. The molecule has 192 valence electrons. The van der Waals surface area contributed by atoms with Crippen LogP contribution in [0.5, 0.6) is 0 Å². The molecule has 0 radical (unpaired) electrons. The number of piperidine rings is 1. The summed E-state index contributed by atoms with van der Waals surface area (Å²) in [5.41, 5.74) is 3.24. The van der Waals surface area contributed by atoms with Gasteiger partial charge in [-0.2, -0.15) is 0 Å². The van der Waals surface area contributed by atoms with Gasteiger partial charge in [0.1, 0.15) is 12.4 Å². The van der Waals surface area contributed by atoms with Gasteiger partial charge in [0, 0.05) is 34.3 Å². The Bertz CT molecular complexity index is 1240. The maximum absolute atomic E-state index is 13.9. The van der Waals surface area contributed by atoms with Crippen molar-refractivity contribution in [1.29, 1.82) is 0 Å². The van der Waals surface area contributed by atoms with Crippen molar-refractivity contribution in [3.8, 4) is 22.5 Å². The van der Waals surface area contributed by atoms with Gasteiger partial charge in [0.15, 0.2) is 0 Å². The summed E-state index contributed by atoms with van der Waals surface area (Å²) < 4.78 is 6.17. The smallest absolute Gasteiger partial charge is 0.290 e. The van der Waals surface area contributed by atoms with Crippen LogP contribution in [-0.4, -0.2) is 51.8 Å². The van der Waals surface area contributed by atoms with Crippen molar-refractivity contribution in [2.45, 2.75) is 44.6 Å². The van der Waals surface area contributed by atoms with Crippen LogP contribution >= 0.6 is 23.2 Å². The van der Waals surface area contributed by atoms with E-state index in [1.165, 1.54) is 6.42 Å². The molecule has 6 nitrogen and oxygen atoms in total. The molecule has 2 aromatic carbocycles. The second kappa shape index (κ2) is 12.2. The Morgan fingerprint density at radius 3 is 2.19 bits per heavy atom. The zero-order valence-electron chi connectivity index (χ0n) is 20.7. The van der Waals surface area contributed by atoms with Crippen LogP contribution < -0.4 is 0 Å². The predicted octanol–water partition coefficient (Wildman–Crippen LogP) is 7.04. The molecular formula is C29H30Cl2N4O2. The van der Waals surface area contributed by atoms with E-state index in [0.29, 0.717) is 21.4 Å². The lowest BCUT2D eigenvalue weighted by atomic mass is 10.0. The van der Waals surface area contributed by atoms with Crippen molar-refractivity contribution in [1.82, 2.24) is 20.0 Å². The Balaban J connectivity index is 1.49. The minimum atomic E-state index is -0.216. The van der Waals surface area contributed by atoms with E-state index in [4.69, 9.17) is 37.9 Å². The van der Waals surface area contributed by atoms with Crippen LogP contribution in [0.25, 0.3) is 22.5 Å². The van der Waals surface area contributed by atoms with E-state index in [-0.39, 0.29) is 24.4 Å². The van der Waals surface area contributed by atoms with Crippen LogP contribution in [0.1, 0.15) is 49.0 Å². The zero-order chi connectivity index (χ0) is 25.6. The van der Waals surface area contributed by atoms with Gasteiger partial charge >= 0.3 is 0 Å². The van der Waals surface area contributed by atoms with Crippen molar-refractivity contribution in [3.63, 3.8) is 0 Å². The first-order valence-corrected chi connectivity index (χ1v) is 13.6. The third-order valence-corrected chi connectivity index (χ3v) is 7.26. The highest BCUT2D eigenvalue weighted by Gasteiger charge is 2.28. The Hall–Kier alpha value is -2.77. The second-order valence-electron chi connectivity index (χ2n) is 9.38. The topological polar surface area (TPSA) is 58.6 Å². The molecule has 1 aliphatic heterocycles. The molecule has 8 heteroatoms. The van der Waals surface area contributed by atoms with E-state index in [1.807, 2.05) is 48.5 Å². The van der Waals surface area contributed by atoms with Crippen LogP contribution in [-0.2, 0) is 4.74 Å². The molecule has 3 aromatic rings. The van der Waals surface area contributed by atoms with E-state index in [1.54, 1.807) is 11.2 Å². The summed E-state index contributed by atoms with van der Waals surface area (Å²) in [7, 11) is 0. The third-order valence-electron chi connectivity index (χ3n) is 6.76. The number of rotatable bonds is 7. The normalized spacial score (nSPS) is 18.1. The quantitative estimate of drug-likeness (QED) is 0.239. The summed E-state index contributed by atoms with van der Waals surface area (Å²) in [5.74, 6) is -0.216. The lowest BCUT2D eigenvalue weighted by Gasteiger charge is -2.37. The van der Waals surface area contributed by atoms with E-state index < -0.39 is 0 Å². The van der Waals surface area contributed by atoms with E-state index in [2.05, 4.69) is 17.2 Å². The van der Waals surface area contributed by atoms with Gasteiger partial charge in [0.2, 0.25) is 0 Å². The maximum Gasteiger partial charge on any atom is 0.290 e. The molecule has 1 amide bonds. The van der Waals surface area contributed by atoms with E-state index in [9.17, 15) is 4.79 Å². The molecule has 2 aliphatic rings. The first kappa shape index (κ1) is 25.9. The van der Waals surface area contributed by atoms with Gasteiger partial charge in [-0.15, -0.1) is 0 Å². The van der Waals surface area contributed by atoms with Crippen molar-refractivity contribution in [2.75, 3.05) is 19.8 Å². The molecule has 1 aliphatic carbocycles. The number of carbonyl (C=O) groups is 1. The highest BCUT2D eigenvalue weighted by atomic mass is 35.5. The Labute approximate surface area is 227 Å². The molecule has 2 heterocycles. The molecule has 0 saturated carbocycles. The number of hydrogen-bond acceptors (Lipinski definition) is 5. The number of hydrazine groups is 1. The Kier molecular flexibility index (Phi) is 8.52. The van der Waals surface area contributed by atoms with E-state index >= 15 is 0 Å². The van der Waals surface area contributed by atoms with Gasteiger partial charge in [0.05, 0.1) is 23.7 Å². The van der Waals surface area contributed by atoms with Crippen LogP contribution in [0.2, 0.25) is 10.0 Å². The molecule has 5 rings (SSSR count). The highest BCUT2D eigenvalue weighted by Crippen LogP contribution is 2.31. The van der Waals surface area contributed by atoms with Crippen molar-refractivity contribution in [2.24, 2.45) is 0 Å². The SMILES string of the molecule is O=C(c1cnc(-c2ccc(Cl)cc2)c(-c2ccc(Cl)cc2)n1)N(COC1C=CCCC1)N1CCCCC1. The number of carbonyl (C=O) groups excluding carboxylic acids is 1. The summed E-state index contributed by atoms with van der Waals surface area (Å²) in [5, 5.41) is 5.07. The number of benzene rings is 2. The summed E-state index contributed by atoms with van der Waals surface area (Å²) >= 11 is 12.3. The molecule has 1 aromatic heterocycles. The maximum atomic E-state index is 13.9. The summed E-state index contributed by atoms with van der Waals surface area (Å²) in [6.45, 7) is 1.82. The number of aromatic nitrogens is 2. The molecule has 1 fully saturated rings. The average molecular weight is 537 g/mol. The van der Waals surface area contributed by atoms with Gasteiger partial charge in [-0.3, -0.25) is 9.78 Å². The summed E-state index contributed by atoms with van der Waals surface area (Å²) in [6.07, 6.45) is 12.2. The van der Waals surface area contributed by atoms with Crippen molar-refractivity contribution >= 4 is 29.1 Å². The predicted molar refractivity (Wildman–Crippen MR) is 147 cm³/mol. The van der Waals surface area contributed by atoms with Crippen LogP contribution in [0.15, 0.2) is 66.9 Å². The van der Waals surface area contributed by atoms with Gasteiger partial charge in [0.25, 0.3) is 5.91 Å². The number of allylic oxidation sites excluding steroid dienone is 1. The minimum Gasteiger partial charge on any atom is -0.352 e. The molecule has 1 atom stereocenters. The summed E-state index contributed by atoms with van der Waals surface area (Å²) in [4.78, 5) is 23.5. The molecule has 0 N–H and O–H groups in total. The second-order valence-corrected chi connectivity index (χ2v) is 10.3. The van der Waals surface area contributed by atoms with Gasteiger partial charge < -0.3 is 4.74 Å². The number of hydrogen-bond donors (Lipinski definition) is 0. The molecule has 0 bridgehead atoms. The Morgan fingerprint density at radius 1 is 0.919 bits per heavy atom. The average Bonchev–Trinajstić information content (AvgIpc) is 2.95. The molecule has 0 spiro atoms. The standard InChI is InChI=1S/C29H30Cl2N4O2/c30-23-13-9-21(10-14-23)27-28(22-11-15-24(31)16-12-22)33-26(19-32-27)29(36)35(34-17-5-2-6-18-34)20-37-25-7-3-1-4-8-25/h3,7,9-16,19,25H,1-2,4-6,8,17-18,20H2. The number of ether oxygens (including phenoxy) is 1. The van der Waals surface area contributed by atoms with Gasteiger partial charge in [-0.1, -0.05) is 66.0 Å². The molecular weight excluding hydrogens is 507 g/mol. The first-order chi connectivity index (χ1) is 18.1. The third kappa shape index (κ3) is 6.39. The zero-order valence-corrected chi connectivity index (χ0v) is 22.2. The number of nitrogens with zero attached hydrogens (tertiary/aromatic N) is 4. The monoisotopic (exact) mass is 536 g/mol. The molecule has 1 unspecified atom stereocenters. The number of amides is 1. The molecule has 37 heavy (non-hydrogen) atoms. The first-order valence-electron chi connectivity index (χ1n) is 12.8. The fourth-order valence-electron chi connectivity index (χ4n) is 4.73. The fourth-order valence-corrected chi connectivity index (χ4v) is 4.98. The van der Waals surface area contributed by atoms with E-state index in [0.717, 1.165) is 56.3 Å². The fraction of sp³-hybridized carbons (Fsp3) is 0.345. The highest BCUT2D eigenvalue weighted by molar-refractivity contribution is 6.31. The van der Waals surface area contributed by atoms with Gasteiger partial charge in [-0.05, 0) is 56.4 Å².